The molecule has 1 amide bonds. The van der Waals surface area contributed by atoms with Gasteiger partial charge in [-0.15, -0.1) is 12.4 Å². The van der Waals surface area contributed by atoms with Crippen LogP contribution in [0, 0.1) is 6.92 Å². The largest absolute Gasteiger partial charge is 0.383 e. The minimum Gasteiger partial charge on any atom is -0.383 e. The van der Waals surface area contributed by atoms with Crippen molar-refractivity contribution in [3.05, 3.63) is 53.9 Å². The Morgan fingerprint density at radius 2 is 1.81 bits per heavy atom. The van der Waals surface area contributed by atoms with Crippen LogP contribution in [0.1, 0.15) is 15.9 Å². The number of aryl methyl sites for hydroxylation is 1. The van der Waals surface area contributed by atoms with E-state index in [1.807, 2.05) is 6.92 Å². The Morgan fingerprint density at radius 1 is 1.12 bits per heavy atom. The summed E-state index contributed by atoms with van der Waals surface area (Å²) in [4.78, 5) is 12.3. The smallest absolute Gasteiger partial charge is 0.267 e. The van der Waals surface area contributed by atoms with Crippen LogP contribution in [-0.2, 0) is 14.8 Å². The minimum atomic E-state index is -3.69. The number of carbonyl (C=O) groups is 1. The SMILES string of the molecule is COCCNCCNC(=O)c1ccn(S(=O)(=O)c2ccc(C)cc2)c1.Cl. The maximum Gasteiger partial charge on any atom is 0.267 e. The number of benzene rings is 1. The Labute approximate surface area is 160 Å². The molecule has 0 saturated heterocycles. The molecule has 0 radical (unpaired) electrons. The summed E-state index contributed by atoms with van der Waals surface area (Å²) < 4.78 is 31.1. The highest BCUT2D eigenvalue weighted by Gasteiger charge is 2.18. The third-order valence-corrected chi connectivity index (χ3v) is 5.25. The van der Waals surface area contributed by atoms with E-state index in [1.54, 1.807) is 31.4 Å². The number of hydrogen-bond acceptors (Lipinski definition) is 5. The minimum absolute atomic E-state index is 0. The molecular formula is C17H24ClN3O4S. The lowest BCUT2D eigenvalue weighted by atomic mass is 10.2. The molecule has 0 bridgehead atoms. The second kappa shape index (κ2) is 10.3. The van der Waals surface area contributed by atoms with Crippen molar-refractivity contribution in [3.8, 4) is 0 Å². The number of nitrogens with one attached hydrogen (secondary N) is 2. The van der Waals surface area contributed by atoms with Gasteiger partial charge in [-0.1, -0.05) is 17.7 Å². The summed E-state index contributed by atoms with van der Waals surface area (Å²) in [5, 5.41) is 5.85. The number of hydrogen-bond donors (Lipinski definition) is 2. The van der Waals surface area contributed by atoms with Gasteiger partial charge in [0.1, 0.15) is 0 Å². The molecule has 0 saturated carbocycles. The van der Waals surface area contributed by atoms with Crippen LogP contribution in [0.5, 0.6) is 0 Å². The van der Waals surface area contributed by atoms with E-state index in [0.717, 1.165) is 9.54 Å². The number of amides is 1. The van der Waals surface area contributed by atoms with Crippen molar-refractivity contribution in [2.75, 3.05) is 33.4 Å². The lowest BCUT2D eigenvalue weighted by Crippen LogP contribution is -2.32. The normalized spacial score (nSPS) is 11.0. The van der Waals surface area contributed by atoms with E-state index in [0.29, 0.717) is 31.8 Å². The number of methoxy groups -OCH3 is 1. The summed E-state index contributed by atoms with van der Waals surface area (Å²) in [7, 11) is -2.07. The van der Waals surface area contributed by atoms with Crippen molar-refractivity contribution in [1.29, 1.82) is 0 Å². The van der Waals surface area contributed by atoms with Crippen LogP contribution < -0.4 is 10.6 Å². The van der Waals surface area contributed by atoms with E-state index >= 15 is 0 Å². The summed E-state index contributed by atoms with van der Waals surface area (Å²) in [5.74, 6) is -0.314. The Balaban J connectivity index is 0.00000338. The molecule has 0 fully saturated rings. The van der Waals surface area contributed by atoms with Crippen LogP contribution in [0.4, 0.5) is 0 Å². The van der Waals surface area contributed by atoms with E-state index in [1.165, 1.54) is 18.5 Å². The molecule has 0 aliphatic rings. The second-order valence-corrected chi connectivity index (χ2v) is 7.39. The van der Waals surface area contributed by atoms with Crippen LogP contribution in [0.3, 0.4) is 0 Å². The molecule has 2 aromatic rings. The lowest BCUT2D eigenvalue weighted by molar-refractivity contribution is 0.0954. The molecule has 7 nitrogen and oxygen atoms in total. The third kappa shape index (κ3) is 5.84. The summed E-state index contributed by atoms with van der Waals surface area (Å²) >= 11 is 0. The second-order valence-electron chi connectivity index (χ2n) is 5.55. The Bertz CT molecular complexity index is 804. The first-order valence-electron chi connectivity index (χ1n) is 7.93. The maximum absolute atomic E-state index is 12.6. The van der Waals surface area contributed by atoms with Crippen molar-refractivity contribution in [3.63, 3.8) is 0 Å². The van der Waals surface area contributed by atoms with Crippen LogP contribution in [0.15, 0.2) is 47.6 Å². The van der Waals surface area contributed by atoms with Crippen LogP contribution >= 0.6 is 12.4 Å². The fourth-order valence-electron chi connectivity index (χ4n) is 2.16. The van der Waals surface area contributed by atoms with Crippen LogP contribution in [-0.4, -0.2) is 51.6 Å². The molecule has 0 atom stereocenters. The van der Waals surface area contributed by atoms with Gasteiger partial charge in [-0.2, -0.15) is 0 Å². The average molecular weight is 402 g/mol. The quantitative estimate of drug-likeness (QED) is 0.620. The van der Waals surface area contributed by atoms with E-state index in [2.05, 4.69) is 10.6 Å². The first-order valence-corrected chi connectivity index (χ1v) is 9.37. The predicted octanol–water partition coefficient (Wildman–Crippen LogP) is 1.42. The predicted molar refractivity (Wildman–Crippen MR) is 103 cm³/mol. The van der Waals surface area contributed by atoms with Gasteiger partial charge in [-0.25, -0.2) is 12.4 Å². The molecular weight excluding hydrogens is 378 g/mol. The number of nitrogens with zero attached hydrogens (tertiary/aromatic N) is 1. The van der Waals surface area contributed by atoms with E-state index in [9.17, 15) is 13.2 Å². The number of aromatic nitrogens is 1. The third-order valence-electron chi connectivity index (χ3n) is 3.60. The van der Waals surface area contributed by atoms with E-state index < -0.39 is 10.0 Å². The molecule has 2 rings (SSSR count). The fraction of sp³-hybridized carbons (Fsp3) is 0.353. The van der Waals surface area contributed by atoms with E-state index in [4.69, 9.17) is 4.74 Å². The highest BCUT2D eigenvalue weighted by atomic mass is 35.5. The van der Waals surface area contributed by atoms with Crippen molar-refractivity contribution < 1.29 is 17.9 Å². The van der Waals surface area contributed by atoms with Gasteiger partial charge in [0.15, 0.2) is 0 Å². The molecule has 2 N–H and O–H groups in total. The summed E-state index contributed by atoms with van der Waals surface area (Å²) in [5.41, 5.74) is 1.28. The molecule has 144 valence electrons. The number of ether oxygens (including phenoxy) is 1. The van der Waals surface area contributed by atoms with E-state index in [-0.39, 0.29) is 23.2 Å². The van der Waals surface area contributed by atoms with Crippen LogP contribution in [0.2, 0.25) is 0 Å². The molecule has 0 aliphatic heterocycles. The first kappa shape index (κ1) is 22.2. The molecule has 1 heterocycles. The highest BCUT2D eigenvalue weighted by Crippen LogP contribution is 2.16. The van der Waals surface area contributed by atoms with Gasteiger partial charge in [0, 0.05) is 39.1 Å². The summed E-state index contributed by atoms with van der Waals surface area (Å²) in [6.07, 6.45) is 2.70. The lowest BCUT2D eigenvalue weighted by Gasteiger charge is -2.06. The zero-order chi connectivity index (χ0) is 18.3. The van der Waals surface area contributed by atoms with Gasteiger partial charge >= 0.3 is 0 Å². The van der Waals surface area contributed by atoms with Gasteiger partial charge in [0.25, 0.3) is 15.9 Å². The zero-order valence-electron chi connectivity index (χ0n) is 14.8. The number of rotatable bonds is 9. The summed E-state index contributed by atoms with van der Waals surface area (Å²) in [6.45, 7) is 4.25. The zero-order valence-corrected chi connectivity index (χ0v) is 16.4. The molecule has 1 aromatic heterocycles. The first-order chi connectivity index (χ1) is 11.9. The van der Waals surface area contributed by atoms with Gasteiger partial charge in [0.2, 0.25) is 0 Å². The van der Waals surface area contributed by atoms with Crippen molar-refractivity contribution >= 4 is 28.3 Å². The monoisotopic (exact) mass is 401 g/mol. The van der Waals surface area contributed by atoms with Gasteiger partial charge < -0.3 is 15.4 Å². The number of halogens is 1. The fourth-order valence-corrected chi connectivity index (χ4v) is 3.36. The van der Waals surface area contributed by atoms with Crippen LogP contribution in [0.25, 0.3) is 0 Å². The topological polar surface area (TPSA) is 89.4 Å². The Kier molecular flexibility index (Phi) is 8.80. The molecule has 0 aliphatic carbocycles. The average Bonchev–Trinajstić information content (AvgIpc) is 3.09. The maximum atomic E-state index is 12.6. The van der Waals surface area contributed by atoms with Crippen molar-refractivity contribution in [2.45, 2.75) is 11.8 Å². The Hall–Kier alpha value is -1.87. The summed E-state index contributed by atoms with van der Waals surface area (Å²) in [6, 6.07) is 8.06. The number of carbonyl (C=O) groups excluding carboxylic acids is 1. The van der Waals surface area contributed by atoms with Crippen molar-refractivity contribution in [2.24, 2.45) is 0 Å². The molecule has 9 heteroatoms. The molecule has 0 unspecified atom stereocenters. The Morgan fingerprint density at radius 3 is 2.46 bits per heavy atom. The van der Waals surface area contributed by atoms with Gasteiger partial charge in [0.05, 0.1) is 17.1 Å². The highest BCUT2D eigenvalue weighted by molar-refractivity contribution is 7.90. The van der Waals surface area contributed by atoms with Gasteiger partial charge in [-0.3, -0.25) is 4.79 Å². The van der Waals surface area contributed by atoms with Gasteiger partial charge in [-0.05, 0) is 25.1 Å². The molecule has 1 aromatic carbocycles. The molecule has 0 spiro atoms. The molecule has 26 heavy (non-hydrogen) atoms. The standard InChI is InChI=1S/C17H23N3O4S.ClH/c1-14-3-5-16(6-4-14)25(22,23)20-11-7-15(13-20)17(21)19-9-8-18-10-12-24-2;/h3-7,11,13,18H,8-10,12H2,1-2H3,(H,19,21);1H. The van der Waals surface area contributed by atoms with Crippen molar-refractivity contribution in [1.82, 2.24) is 14.6 Å².